The van der Waals surface area contributed by atoms with E-state index >= 15 is 0 Å². The number of nitrogens with zero attached hydrogens (tertiary/aromatic N) is 2. The smallest absolute Gasteiger partial charge is 0.257 e. The molecule has 144 valence electrons. The summed E-state index contributed by atoms with van der Waals surface area (Å²) in [7, 11) is 1.59. The summed E-state index contributed by atoms with van der Waals surface area (Å²) in [6.45, 7) is 8.04. The Morgan fingerprint density at radius 3 is 2.54 bits per heavy atom. The van der Waals surface area contributed by atoms with Gasteiger partial charge in [-0.1, -0.05) is 6.07 Å². The number of likely N-dealkylation sites (tertiary alicyclic amines) is 1. The van der Waals surface area contributed by atoms with Crippen molar-refractivity contribution < 1.29 is 14.3 Å². The molecule has 7 nitrogen and oxygen atoms in total. The van der Waals surface area contributed by atoms with E-state index in [-0.39, 0.29) is 12.5 Å². The number of amides is 1. The summed E-state index contributed by atoms with van der Waals surface area (Å²) in [5, 5.41) is 6.06. The first-order chi connectivity index (χ1) is 12.7. The molecular formula is C19H30N4O3. The third-order valence-corrected chi connectivity index (χ3v) is 4.11. The van der Waals surface area contributed by atoms with Crippen LogP contribution in [-0.2, 0) is 11.3 Å². The number of hydrogen-bond acceptors (Lipinski definition) is 4. The van der Waals surface area contributed by atoms with Crippen LogP contribution in [0.3, 0.4) is 0 Å². The zero-order valence-corrected chi connectivity index (χ0v) is 16.0. The Morgan fingerprint density at radius 2 is 1.88 bits per heavy atom. The predicted molar refractivity (Wildman–Crippen MR) is 103 cm³/mol. The van der Waals surface area contributed by atoms with Crippen molar-refractivity contribution in [3.8, 4) is 11.5 Å². The summed E-state index contributed by atoms with van der Waals surface area (Å²) in [5.74, 6) is 1.97. The van der Waals surface area contributed by atoms with Gasteiger partial charge in [0.25, 0.3) is 5.91 Å². The van der Waals surface area contributed by atoms with Crippen LogP contribution in [0.5, 0.6) is 11.5 Å². The van der Waals surface area contributed by atoms with Gasteiger partial charge in [0.1, 0.15) is 0 Å². The van der Waals surface area contributed by atoms with Crippen molar-refractivity contribution in [1.82, 2.24) is 15.5 Å². The molecule has 7 heteroatoms. The highest BCUT2D eigenvalue weighted by Gasteiger charge is 2.15. The number of guanidine groups is 1. The fourth-order valence-electron chi connectivity index (χ4n) is 2.84. The Hall–Kier alpha value is -2.44. The monoisotopic (exact) mass is 362 g/mol. The summed E-state index contributed by atoms with van der Waals surface area (Å²) in [5.41, 5.74) is 1.03. The van der Waals surface area contributed by atoms with Crippen molar-refractivity contribution >= 4 is 11.9 Å². The molecule has 0 atom stereocenters. The Labute approximate surface area is 155 Å². The van der Waals surface area contributed by atoms with E-state index in [0.29, 0.717) is 24.6 Å². The van der Waals surface area contributed by atoms with Crippen LogP contribution in [0.15, 0.2) is 23.2 Å². The van der Waals surface area contributed by atoms with Gasteiger partial charge in [0.15, 0.2) is 24.1 Å². The number of hydrogen-bond donors (Lipinski definition) is 2. The highest BCUT2D eigenvalue weighted by molar-refractivity contribution is 5.80. The second-order valence-electron chi connectivity index (χ2n) is 6.09. The third-order valence-electron chi connectivity index (χ3n) is 4.11. The van der Waals surface area contributed by atoms with E-state index in [1.54, 1.807) is 7.11 Å². The van der Waals surface area contributed by atoms with E-state index in [4.69, 9.17) is 14.5 Å². The summed E-state index contributed by atoms with van der Waals surface area (Å²) in [4.78, 5) is 18.6. The van der Waals surface area contributed by atoms with Gasteiger partial charge in [-0.25, -0.2) is 4.99 Å². The lowest BCUT2D eigenvalue weighted by molar-refractivity contribution is -0.123. The minimum atomic E-state index is -0.149. The van der Waals surface area contributed by atoms with Crippen LogP contribution in [0.25, 0.3) is 0 Å². The van der Waals surface area contributed by atoms with Gasteiger partial charge in [0.05, 0.1) is 13.7 Å². The van der Waals surface area contributed by atoms with Crippen molar-refractivity contribution in [3.05, 3.63) is 23.8 Å². The molecule has 1 fully saturated rings. The quantitative estimate of drug-likeness (QED) is 0.545. The van der Waals surface area contributed by atoms with Gasteiger partial charge in [-0.05, 0) is 44.4 Å². The number of methoxy groups -OCH3 is 1. The normalized spacial score (nSPS) is 14.3. The van der Waals surface area contributed by atoms with Crippen molar-refractivity contribution in [3.63, 3.8) is 0 Å². The van der Waals surface area contributed by atoms with Gasteiger partial charge >= 0.3 is 0 Å². The average molecular weight is 362 g/mol. The summed E-state index contributed by atoms with van der Waals surface area (Å²) in [6, 6.07) is 5.68. The van der Waals surface area contributed by atoms with E-state index in [1.165, 1.54) is 12.8 Å². The fraction of sp³-hybridized carbons (Fsp3) is 0.579. The molecule has 0 spiro atoms. The lowest BCUT2D eigenvalue weighted by Crippen LogP contribution is -2.39. The molecule has 0 radical (unpaired) electrons. The molecule has 1 amide bonds. The maximum Gasteiger partial charge on any atom is 0.257 e. The van der Waals surface area contributed by atoms with E-state index < -0.39 is 0 Å². The average Bonchev–Trinajstić information content (AvgIpc) is 3.18. The molecule has 0 saturated carbocycles. The van der Waals surface area contributed by atoms with Crippen molar-refractivity contribution in [2.75, 3.05) is 39.9 Å². The second kappa shape index (κ2) is 10.5. The first kappa shape index (κ1) is 19.9. The Kier molecular flexibility index (Phi) is 8.05. The van der Waals surface area contributed by atoms with E-state index in [0.717, 1.165) is 31.2 Å². The number of nitrogens with one attached hydrogen (secondary N) is 2. The first-order valence-corrected chi connectivity index (χ1v) is 9.27. The van der Waals surface area contributed by atoms with Crippen LogP contribution in [0.4, 0.5) is 0 Å². The number of carbonyl (C=O) groups excluding carboxylic acids is 1. The molecule has 1 aliphatic heterocycles. The molecule has 2 rings (SSSR count). The maximum absolute atomic E-state index is 11.5. The number of aliphatic imine (C=N–C) groups is 1. The molecule has 1 saturated heterocycles. The molecule has 2 N–H and O–H groups in total. The SMILES string of the molecule is CCNC(=O)COc1ccc(CN=C(NCC)N2CCCC2)cc1OC. The number of carbonyl (C=O) groups is 1. The Bertz CT molecular complexity index is 613. The van der Waals surface area contributed by atoms with E-state index in [9.17, 15) is 4.79 Å². The molecule has 1 aromatic carbocycles. The Morgan fingerprint density at radius 1 is 1.15 bits per heavy atom. The van der Waals surface area contributed by atoms with Gasteiger partial charge in [0.2, 0.25) is 0 Å². The van der Waals surface area contributed by atoms with Gasteiger partial charge in [-0.3, -0.25) is 4.79 Å². The largest absolute Gasteiger partial charge is 0.493 e. The van der Waals surface area contributed by atoms with Crippen molar-refractivity contribution in [2.24, 2.45) is 4.99 Å². The van der Waals surface area contributed by atoms with Crippen molar-refractivity contribution in [1.29, 1.82) is 0 Å². The molecular weight excluding hydrogens is 332 g/mol. The third kappa shape index (κ3) is 5.82. The minimum Gasteiger partial charge on any atom is -0.493 e. The standard InChI is InChI=1S/C19H30N4O3/c1-4-20-18(24)14-26-16-9-8-15(12-17(16)25-3)13-22-19(21-5-2)23-10-6-7-11-23/h8-9,12H,4-7,10-11,13-14H2,1-3H3,(H,20,24)(H,21,22). The summed E-state index contributed by atoms with van der Waals surface area (Å²) < 4.78 is 11.0. The molecule has 0 unspecified atom stereocenters. The van der Waals surface area contributed by atoms with Gasteiger partial charge in [-0.2, -0.15) is 0 Å². The zero-order chi connectivity index (χ0) is 18.8. The van der Waals surface area contributed by atoms with E-state index in [2.05, 4.69) is 22.5 Å². The van der Waals surface area contributed by atoms with E-state index in [1.807, 2.05) is 25.1 Å². The number of benzene rings is 1. The lowest BCUT2D eigenvalue weighted by Gasteiger charge is -2.20. The molecule has 0 bridgehead atoms. The summed E-state index contributed by atoms with van der Waals surface area (Å²) in [6.07, 6.45) is 2.44. The molecule has 0 aliphatic carbocycles. The first-order valence-electron chi connectivity index (χ1n) is 9.27. The Balaban J connectivity index is 2.02. The lowest BCUT2D eigenvalue weighted by atomic mass is 10.2. The molecule has 1 heterocycles. The topological polar surface area (TPSA) is 75.2 Å². The highest BCUT2D eigenvalue weighted by atomic mass is 16.5. The van der Waals surface area contributed by atoms with Crippen LogP contribution in [0.2, 0.25) is 0 Å². The van der Waals surface area contributed by atoms with Gasteiger partial charge in [0, 0.05) is 26.2 Å². The number of likely N-dealkylation sites (N-methyl/N-ethyl adjacent to an activating group) is 1. The highest BCUT2D eigenvalue weighted by Crippen LogP contribution is 2.28. The molecule has 0 aromatic heterocycles. The van der Waals surface area contributed by atoms with Crippen molar-refractivity contribution in [2.45, 2.75) is 33.2 Å². The number of rotatable bonds is 8. The van der Waals surface area contributed by atoms with Gasteiger partial charge in [-0.15, -0.1) is 0 Å². The van der Waals surface area contributed by atoms with Crippen LogP contribution in [0.1, 0.15) is 32.3 Å². The predicted octanol–water partition coefficient (Wildman–Crippen LogP) is 1.77. The fourth-order valence-corrected chi connectivity index (χ4v) is 2.84. The van der Waals surface area contributed by atoms with Crippen LogP contribution >= 0.6 is 0 Å². The zero-order valence-electron chi connectivity index (χ0n) is 16.0. The minimum absolute atomic E-state index is 0.0266. The summed E-state index contributed by atoms with van der Waals surface area (Å²) >= 11 is 0. The molecule has 26 heavy (non-hydrogen) atoms. The number of ether oxygens (including phenoxy) is 2. The van der Waals surface area contributed by atoms with Crippen LogP contribution < -0.4 is 20.1 Å². The van der Waals surface area contributed by atoms with Crippen LogP contribution in [0, 0.1) is 0 Å². The second-order valence-corrected chi connectivity index (χ2v) is 6.09. The van der Waals surface area contributed by atoms with Crippen LogP contribution in [-0.4, -0.2) is 56.7 Å². The molecule has 1 aliphatic rings. The van der Waals surface area contributed by atoms with Gasteiger partial charge < -0.3 is 25.0 Å². The molecule has 1 aromatic rings. The maximum atomic E-state index is 11.5.